The molecule has 0 aromatic heterocycles. The van der Waals surface area contributed by atoms with E-state index in [1.165, 1.54) is 5.56 Å². The van der Waals surface area contributed by atoms with Crippen molar-refractivity contribution in [3.8, 4) is 5.75 Å². The summed E-state index contributed by atoms with van der Waals surface area (Å²) in [5, 5.41) is 16.8. The van der Waals surface area contributed by atoms with Crippen molar-refractivity contribution in [1.82, 2.24) is 10.6 Å². The summed E-state index contributed by atoms with van der Waals surface area (Å²) in [4.78, 5) is 12.1. The number of amides is 1. The summed E-state index contributed by atoms with van der Waals surface area (Å²) >= 11 is 0. The summed E-state index contributed by atoms with van der Waals surface area (Å²) in [5.74, 6) is 0.499. The molecule has 0 aliphatic rings. The summed E-state index contributed by atoms with van der Waals surface area (Å²) in [7, 11) is 0. The number of rotatable bonds is 15. The van der Waals surface area contributed by atoms with E-state index in [0.717, 1.165) is 37.7 Å². The van der Waals surface area contributed by atoms with Crippen molar-refractivity contribution < 1.29 is 9.90 Å². The van der Waals surface area contributed by atoms with E-state index in [0.29, 0.717) is 12.5 Å². The summed E-state index contributed by atoms with van der Waals surface area (Å²) < 4.78 is 0. The molecular formula is C28H43Cl2N3O2. The molecule has 196 valence electrons. The highest BCUT2D eigenvalue weighted by molar-refractivity contribution is 5.85. The molecule has 0 fully saturated rings. The summed E-state index contributed by atoms with van der Waals surface area (Å²) in [5.41, 5.74) is 7.99. The number of carbonyl (C=O) groups excluding carboxylic acids is 1. The van der Waals surface area contributed by atoms with E-state index in [-0.39, 0.29) is 54.6 Å². The highest BCUT2D eigenvalue weighted by atomic mass is 35.5. The van der Waals surface area contributed by atoms with E-state index >= 15 is 0 Å². The minimum absolute atomic E-state index is 0. The average Bonchev–Trinajstić information content (AvgIpc) is 2.79. The van der Waals surface area contributed by atoms with Gasteiger partial charge < -0.3 is 21.5 Å². The van der Waals surface area contributed by atoms with Crippen LogP contribution < -0.4 is 16.4 Å². The topological polar surface area (TPSA) is 87.4 Å². The Hall–Kier alpha value is -2.05. The van der Waals surface area contributed by atoms with Gasteiger partial charge in [-0.05, 0) is 48.4 Å². The second-order valence-corrected chi connectivity index (χ2v) is 9.25. The van der Waals surface area contributed by atoms with Gasteiger partial charge in [-0.3, -0.25) is 4.79 Å². The smallest absolute Gasteiger partial charge is 0.234 e. The maximum atomic E-state index is 12.1. The van der Waals surface area contributed by atoms with Crippen LogP contribution in [0.1, 0.15) is 57.6 Å². The van der Waals surface area contributed by atoms with Crippen LogP contribution in [-0.2, 0) is 11.2 Å². The molecule has 35 heavy (non-hydrogen) atoms. The first kappa shape index (κ1) is 33.0. The van der Waals surface area contributed by atoms with E-state index in [2.05, 4.69) is 55.7 Å². The zero-order valence-electron chi connectivity index (χ0n) is 21.2. The number of phenols is 1. The van der Waals surface area contributed by atoms with E-state index in [4.69, 9.17) is 5.73 Å². The Kier molecular flexibility index (Phi) is 17.2. The molecule has 0 spiro atoms. The van der Waals surface area contributed by atoms with Gasteiger partial charge in [0.1, 0.15) is 5.75 Å². The predicted octanol–water partition coefficient (Wildman–Crippen LogP) is 5.50. The highest BCUT2D eigenvalue weighted by Gasteiger charge is 2.21. The lowest BCUT2D eigenvalue weighted by Gasteiger charge is -2.27. The van der Waals surface area contributed by atoms with E-state index in [9.17, 15) is 9.90 Å². The van der Waals surface area contributed by atoms with Gasteiger partial charge in [0.05, 0.1) is 6.04 Å². The lowest BCUT2D eigenvalue weighted by atomic mass is 10.00. The largest absolute Gasteiger partial charge is 0.508 e. The molecule has 0 heterocycles. The summed E-state index contributed by atoms with van der Waals surface area (Å²) in [6, 6.07) is 17.5. The van der Waals surface area contributed by atoms with E-state index in [1.807, 2.05) is 30.3 Å². The lowest BCUT2D eigenvalue weighted by Crippen LogP contribution is -2.51. The van der Waals surface area contributed by atoms with E-state index < -0.39 is 0 Å². The molecule has 0 aliphatic heterocycles. The van der Waals surface area contributed by atoms with Crippen LogP contribution in [0.2, 0.25) is 0 Å². The molecule has 0 aliphatic carbocycles. The zero-order valence-corrected chi connectivity index (χ0v) is 22.8. The normalized spacial score (nSPS) is 13.6. The summed E-state index contributed by atoms with van der Waals surface area (Å²) in [6.07, 6.45) is 8.86. The van der Waals surface area contributed by atoms with E-state index in [1.54, 1.807) is 12.1 Å². The number of primary amides is 1. The highest BCUT2D eigenvalue weighted by Crippen LogP contribution is 2.14. The first-order valence-corrected chi connectivity index (χ1v) is 12.2. The van der Waals surface area contributed by atoms with Crippen LogP contribution in [0.25, 0.3) is 6.08 Å². The molecule has 0 saturated heterocycles. The average molecular weight is 525 g/mol. The number of phenolic OH excluding ortho intramolecular Hbond substituents is 1. The Balaban J connectivity index is 0.00000578. The van der Waals surface area contributed by atoms with Crippen molar-refractivity contribution in [2.75, 3.05) is 6.54 Å². The number of nitrogens with one attached hydrogen (secondary N) is 2. The molecule has 3 atom stereocenters. The van der Waals surface area contributed by atoms with Crippen molar-refractivity contribution in [1.29, 1.82) is 0 Å². The number of hydrogen-bond donors (Lipinski definition) is 4. The third-order valence-electron chi connectivity index (χ3n) is 5.72. The monoisotopic (exact) mass is 523 g/mol. The van der Waals surface area contributed by atoms with Crippen LogP contribution in [0.15, 0.2) is 60.7 Å². The van der Waals surface area contributed by atoms with Gasteiger partial charge in [-0.1, -0.05) is 88.2 Å². The van der Waals surface area contributed by atoms with Crippen molar-refractivity contribution >= 4 is 36.8 Å². The Morgan fingerprint density at radius 2 is 1.71 bits per heavy atom. The number of carbonyl (C=O) groups is 1. The number of benzene rings is 2. The molecular weight excluding hydrogens is 481 g/mol. The number of unbranched alkanes of at least 4 members (excludes halogenated alkanes) is 1. The molecule has 0 bridgehead atoms. The van der Waals surface area contributed by atoms with Gasteiger partial charge in [-0.25, -0.2) is 0 Å². The molecule has 7 heteroatoms. The van der Waals surface area contributed by atoms with Gasteiger partial charge in [0.25, 0.3) is 0 Å². The SMILES string of the molecule is CCCC[C@H](N[C@H](CN[C@H](/C=C/c1ccccc1)CC(C)C)Cc1ccc(O)cc1)C(N)=O.Cl.Cl. The molecule has 0 unspecified atom stereocenters. The van der Waals surface area contributed by atoms with Gasteiger partial charge in [-0.2, -0.15) is 0 Å². The second-order valence-electron chi connectivity index (χ2n) is 9.25. The van der Waals surface area contributed by atoms with Crippen LogP contribution in [0.3, 0.4) is 0 Å². The maximum absolute atomic E-state index is 12.1. The van der Waals surface area contributed by atoms with Crippen molar-refractivity contribution in [3.63, 3.8) is 0 Å². The molecule has 5 nitrogen and oxygen atoms in total. The van der Waals surface area contributed by atoms with Gasteiger partial charge in [0, 0.05) is 18.6 Å². The minimum Gasteiger partial charge on any atom is -0.508 e. The lowest BCUT2D eigenvalue weighted by molar-refractivity contribution is -0.120. The molecule has 2 aromatic carbocycles. The van der Waals surface area contributed by atoms with Gasteiger partial charge in [0.15, 0.2) is 0 Å². The number of nitrogens with two attached hydrogens (primary N) is 1. The fraction of sp³-hybridized carbons (Fsp3) is 0.464. The van der Waals surface area contributed by atoms with Crippen LogP contribution >= 0.6 is 24.8 Å². The third kappa shape index (κ3) is 13.6. The zero-order chi connectivity index (χ0) is 24.1. The first-order valence-electron chi connectivity index (χ1n) is 12.2. The number of halogens is 2. The number of aromatic hydroxyl groups is 1. The number of hydrogen-bond acceptors (Lipinski definition) is 4. The first-order chi connectivity index (χ1) is 15.9. The Labute approximate surface area is 223 Å². The summed E-state index contributed by atoms with van der Waals surface area (Å²) in [6.45, 7) is 7.27. The van der Waals surface area contributed by atoms with Crippen molar-refractivity contribution in [2.45, 2.75) is 71.0 Å². The maximum Gasteiger partial charge on any atom is 0.234 e. The molecule has 1 amide bonds. The van der Waals surface area contributed by atoms with Crippen LogP contribution in [-0.4, -0.2) is 35.7 Å². The second kappa shape index (κ2) is 18.3. The van der Waals surface area contributed by atoms with Crippen molar-refractivity contribution in [3.05, 3.63) is 71.8 Å². The molecule has 5 N–H and O–H groups in total. The quantitative estimate of drug-likeness (QED) is 0.248. The Morgan fingerprint density at radius 1 is 1.06 bits per heavy atom. The van der Waals surface area contributed by atoms with Gasteiger partial charge >= 0.3 is 0 Å². The van der Waals surface area contributed by atoms with Gasteiger partial charge in [-0.15, -0.1) is 24.8 Å². The van der Waals surface area contributed by atoms with Crippen LogP contribution in [0, 0.1) is 5.92 Å². The molecule has 2 rings (SSSR count). The Bertz CT molecular complexity index is 845. The minimum atomic E-state index is -0.350. The fourth-order valence-electron chi connectivity index (χ4n) is 3.93. The van der Waals surface area contributed by atoms with Gasteiger partial charge in [0.2, 0.25) is 5.91 Å². The Morgan fingerprint density at radius 3 is 2.29 bits per heavy atom. The third-order valence-corrected chi connectivity index (χ3v) is 5.72. The molecule has 0 radical (unpaired) electrons. The van der Waals surface area contributed by atoms with Crippen LogP contribution in [0.4, 0.5) is 0 Å². The standard InChI is InChI=1S/C28H41N3O2.2ClH/c1-4-5-11-27(28(29)33)31-25(19-23-13-16-26(32)17-14-23)20-30-24(18-21(2)3)15-12-22-9-7-6-8-10-22;;/h6-10,12-17,21,24-25,27,30-32H,4-5,11,18-20H2,1-3H3,(H2,29,33);2*1H/b15-12+;;/t24-,25+,27+;;/m1../s1. The van der Waals surface area contributed by atoms with Crippen LogP contribution in [0.5, 0.6) is 5.75 Å². The molecule has 2 aromatic rings. The predicted molar refractivity (Wildman–Crippen MR) is 152 cm³/mol. The fourth-order valence-corrected chi connectivity index (χ4v) is 3.93. The molecule has 0 saturated carbocycles. The van der Waals surface area contributed by atoms with Crippen molar-refractivity contribution in [2.24, 2.45) is 11.7 Å².